The highest BCUT2D eigenvalue weighted by atomic mass is 16.4. The molecule has 0 heterocycles. The molecule has 2 rings (SSSR count). The Bertz CT molecular complexity index is 267. The third kappa shape index (κ3) is 2.67. The van der Waals surface area contributed by atoms with Gasteiger partial charge in [-0.05, 0) is 44.1 Å². The first-order valence-electron chi connectivity index (χ1n) is 6.34. The quantitative estimate of drug-likeness (QED) is 0.322. The van der Waals surface area contributed by atoms with Crippen molar-refractivity contribution in [2.75, 3.05) is 20.1 Å². The molecule has 16 heavy (non-hydrogen) atoms. The first-order chi connectivity index (χ1) is 7.69. The van der Waals surface area contributed by atoms with Crippen molar-refractivity contribution < 1.29 is 5.21 Å². The molecular weight excluding hydrogens is 202 g/mol. The Balaban J connectivity index is 1.69. The second kappa shape index (κ2) is 5.04. The summed E-state index contributed by atoms with van der Waals surface area (Å²) < 4.78 is 0. The van der Waals surface area contributed by atoms with E-state index in [1.807, 2.05) is 0 Å². The summed E-state index contributed by atoms with van der Waals surface area (Å²) in [5.41, 5.74) is 5.46. The van der Waals surface area contributed by atoms with Gasteiger partial charge in [0, 0.05) is 19.5 Å². The van der Waals surface area contributed by atoms with Crippen molar-refractivity contribution in [2.45, 2.75) is 32.1 Å². The lowest BCUT2D eigenvalue weighted by Gasteiger charge is -2.27. The molecule has 0 spiro atoms. The van der Waals surface area contributed by atoms with Gasteiger partial charge in [0.05, 0.1) is 0 Å². The fourth-order valence-electron chi connectivity index (χ4n) is 3.45. The first kappa shape index (κ1) is 11.7. The molecule has 4 heteroatoms. The summed E-state index contributed by atoms with van der Waals surface area (Å²) in [5.74, 6) is 3.24. The molecule has 3 N–H and O–H groups in total. The molecule has 2 saturated carbocycles. The molecule has 0 aromatic carbocycles. The summed E-state index contributed by atoms with van der Waals surface area (Å²) in [4.78, 5) is 2.32. The fourth-order valence-corrected chi connectivity index (χ4v) is 3.45. The van der Waals surface area contributed by atoms with Gasteiger partial charge in [0.2, 0.25) is 0 Å². The lowest BCUT2D eigenvalue weighted by molar-refractivity contribution is 0.222. The Morgan fingerprint density at radius 2 is 2.25 bits per heavy atom. The number of rotatable bonds is 5. The van der Waals surface area contributed by atoms with Crippen LogP contribution in [0.5, 0.6) is 0 Å². The molecule has 0 aromatic rings. The minimum atomic E-state index is 0.333. The Morgan fingerprint density at radius 3 is 2.81 bits per heavy atom. The number of hydrogen-bond donors (Lipinski definition) is 2. The number of hydrogen-bond acceptors (Lipinski definition) is 3. The van der Waals surface area contributed by atoms with Crippen LogP contribution in [-0.4, -0.2) is 36.1 Å². The van der Waals surface area contributed by atoms with E-state index in [0.29, 0.717) is 12.3 Å². The van der Waals surface area contributed by atoms with Crippen LogP contribution in [0.1, 0.15) is 32.1 Å². The smallest absolute Gasteiger partial charge is 0.140 e. The number of fused-ring (bicyclic) bond motifs is 2. The fraction of sp³-hybridized carbons (Fsp3) is 0.917. The van der Waals surface area contributed by atoms with Crippen molar-refractivity contribution >= 4 is 5.84 Å². The van der Waals surface area contributed by atoms with E-state index in [0.717, 1.165) is 24.3 Å². The van der Waals surface area contributed by atoms with E-state index in [1.165, 1.54) is 32.2 Å². The Morgan fingerprint density at radius 1 is 1.44 bits per heavy atom. The first-order valence-corrected chi connectivity index (χ1v) is 6.34. The summed E-state index contributed by atoms with van der Waals surface area (Å²) in [5, 5.41) is 11.5. The van der Waals surface area contributed by atoms with E-state index in [1.54, 1.807) is 0 Å². The molecule has 2 aliphatic carbocycles. The monoisotopic (exact) mass is 225 g/mol. The number of nitrogens with zero attached hydrogens (tertiary/aromatic N) is 2. The zero-order valence-corrected chi connectivity index (χ0v) is 10.1. The molecular formula is C12H23N3O. The van der Waals surface area contributed by atoms with E-state index >= 15 is 0 Å². The van der Waals surface area contributed by atoms with Crippen LogP contribution < -0.4 is 5.73 Å². The van der Waals surface area contributed by atoms with Crippen LogP contribution in [-0.2, 0) is 0 Å². The lowest BCUT2D eigenvalue weighted by atomic mass is 9.88. The van der Waals surface area contributed by atoms with Gasteiger partial charge >= 0.3 is 0 Å². The van der Waals surface area contributed by atoms with Crippen LogP contribution in [0.25, 0.3) is 0 Å². The maximum atomic E-state index is 8.46. The van der Waals surface area contributed by atoms with Crippen LogP contribution >= 0.6 is 0 Å². The zero-order valence-electron chi connectivity index (χ0n) is 10.1. The molecule has 0 aliphatic heterocycles. The largest absolute Gasteiger partial charge is 0.409 e. The van der Waals surface area contributed by atoms with Crippen LogP contribution in [0, 0.1) is 17.8 Å². The highest BCUT2D eigenvalue weighted by molar-refractivity contribution is 5.79. The van der Waals surface area contributed by atoms with Crippen LogP contribution in [0.2, 0.25) is 0 Å². The Hall–Kier alpha value is -0.770. The lowest BCUT2D eigenvalue weighted by Crippen LogP contribution is -2.31. The van der Waals surface area contributed by atoms with Gasteiger partial charge in [-0.1, -0.05) is 11.6 Å². The third-order valence-electron chi connectivity index (χ3n) is 4.31. The second-order valence-corrected chi connectivity index (χ2v) is 5.54. The van der Waals surface area contributed by atoms with Crippen LogP contribution in [0.4, 0.5) is 0 Å². The average Bonchev–Trinajstić information content (AvgIpc) is 2.87. The number of nitrogens with two attached hydrogens (primary N) is 1. The van der Waals surface area contributed by atoms with Crippen molar-refractivity contribution in [1.82, 2.24) is 4.90 Å². The van der Waals surface area contributed by atoms with Crippen molar-refractivity contribution in [3.05, 3.63) is 0 Å². The summed E-state index contributed by atoms with van der Waals surface area (Å²) in [6, 6.07) is 0. The minimum absolute atomic E-state index is 0.333. The molecule has 92 valence electrons. The summed E-state index contributed by atoms with van der Waals surface area (Å²) in [6.07, 6.45) is 6.48. The van der Waals surface area contributed by atoms with Crippen molar-refractivity contribution in [3.8, 4) is 0 Å². The van der Waals surface area contributed by atoms with E-state index in [4.69, 9.17) is 10.9 Å². The topological polar surface area (TPSA) is 61.8 Å². The van der Waals surface area contributed by atoms with E-state index in [-0.39, 0.29) is 0 Å². The Kier molecular flexibility index (Phi) is 3.69. The molecule has 0 aromatic heterocycles. The molecule has 0 radical (unpaired) electrons. The van der Waals surface area contributed by atoms with E-state index in [2.05, 4.69) is 17.1 Å². The molecule has 2 bridgehead atoms. The normalized spacial score (nSPS) is 33.9. The Labute approximate surface area is 97.5 Å². The SMILES string of the molecule is CN(CCC(N)=NO)CC1CC2CCC1C2. The number of amidine groups is 1. The second-order valence-electron chi connectivity index (χ2n) is 5.54. The van der Waals surface area contributed by atoms with E-state index < -0.39 is 0 Å². The predicted octanol–water partition coefficient (Wildman–Crippen LogP) is 1.49. The highest BCUT2D eigenvalue weighted by Gasteiger charge is 2.39. The maximum Gasteiger partial charge on any atom is 0.140 e. The van der Waals surface area contributed by atoms with Gasteiger partial charge in [-0.15, -0.1) is 0 Å². The summed E-state index contributed by atoms with van der Waals surface area (Å²) >= 11 is 0. The molecule has 0 amide bonds. The average molecular weight is 225 g/mol. The molecule has 3 unspecified atom stereocenters. The van der Waals surface area contributed by atoms with Crippen LogP contribution in [0.3, 0.4) is 0 Å². The zero-order chi connectivity index (χ0) is 11.5. The van der Waals surface area contributed by atoms with Gasteiger partial charge in [0.1, 0.15) is 5.84 Å². The maximum absolute atomic E-state index is 8.46. The molecule has 4 nitrogen and oxygen atoms in total. The summed E-state index contributed by atoms with van der Waals surface area (Å²) in [6.45, 7) is 2.07. The predicted molar refractivity (Wildman–Crippen MR) is 64.5 cm³/mol. The van der Waals surface area contributed by atoms with Gasteiger partial charge < -0.3 is 15.8 Å². The van der Waals surface area contributed by atoms with Gasteiger partial charge in [-0.2, -0.15) is 0 Å². The standard InChI is InChI=1S/C12H23N3O/c1-15(5-4-12(13)14-16)8-11-7-9-2-3-10(11)6-9/h9-11,16H,2-8H2,1H3,(H2,13,14). The van der Waals surface area contributed by atoms with Crippen LogP contribution in [0.15, 0.2) is 5.16 Å². The van der Waals surface area contributed by atoms with Gasteiger partial charge in [0.25, 0.3) is 0 Å². The summed E-state index contributed by atoms with van der Waals surface area (Å²) in [7, 11) is 2.14. The number of oxime groups is 1. The molecule has 3 atom stereocenters. The molecule has 2 fully saturated rings. The highest BCUT2D eigenvalue weighted by Crippen LogP contribution is 2.48. The van der Waals surface area contributed by atoms with Gasteiger partial charge in [-0.3, -0.25) is 0 Å². The molecule has 2 aliphatic rings. The van der Waals surface area contributed by atoms with Gasteiger partial charge in [0.15, 0.2) is 0 Å². The van der Waals surface area contributed by atoms with Gasteiger partial charge in [-0.25, -0.2) is 0 Å². The molecule has 0 saturated heterocycles. The third-order valence-corrected chi connectivity index (χ3v) is 4.31. The van der Waals surface area contributed by atoms with Crippen molar-refractivity contribution in [2.24, 2.45) is 28.6 Å². The van der Waals surface area contributed by atoms with E-state index in [9.17, 15) is 0 Å². The minimum Gasteiger partial charge on any atom is -0.409 e. The van der Waals surface area contributed by atoms with Crippen molar-refractivity contribution in [1.29, 1.82) is 0 Å². The van der Waals surface area contributed by atoms with Crippen molar-refractivity contribution in [3.63, 3.8) is 0 Å².